The van der Waals surface area contributed by atoms with E-state index in [2.05, 4.69) is 6.92 Å². The summed E-state index contributed by atoms with van der Waals surface area (Å²) in [6, 6.07) is 18.5. The van der Waals surface area contributed by atoms with Crippen LogP contribution in [0.4, 0.5) is 10.1 Å². The first kappa shape index (κ1) is 19.2. The molecule has 4 aromatic rings. The van der Waals surface area contributed by atoms with Gasteiger partial charge in [-0.1, -0.05) is 48.9 Å². The second-order valence-electron chi connectivity index (χ2n) is 7.82. The molecule has 0 spiro atoms. The molecule has 0 saturated carbocycles. The van der Waals surface area contributed by atoms with Crippen molar-refractivity contribution in [3.8, 4) is 0 Å². The van der Waals surface area contributed by atoms with Gasteiger partial charge in [-0.05, 0) is 54.8 Å². The molecule has 0 radical (unpaired) electrons. The zero-order chi connectivity index (χ0) is 21.7. The average molecular weight is 413 g/mol. The molecule has 3 aromatic carbocycles. The van der Waals surface area contributed by atoms with Crippen molar-refractivity contribution >= 4 is 22.6 Å². The van der Waals surface area contributed by atoms with Gasteiger partial charge < -0.3 is 4.42 Å². The third kappa shape index (κ3) is 3.05. The molecule has 1 unspecified atom stereocenters. The predicted molar refractivity (Wildman–Crippen MR) is 118 cm³/mol. The molecule has 1 aliphatic heterocycles. The largest absolute Gasteiger partial charge is 0.450 e. The maximum absolute atomic E-state index is 13.9. The van der Waals surface area contributed by atoms with Gasteiger partial charge in [0.15, 0.2) is 5.43 Å². The summed E-state index contributed by atoms with van der Waals surface area (Å²) in [4.78, 5) is 28.5. The van der Waals surface area contributed by atoms with Crippen molar-refractivity contribution in [3.63, 3.8) is 0 Å². The minimum absolute atomic E-state index is 0.00857. The standard InChI is InChI=1S/C26H20FNO3/c1-3-16-6-8-17(9-7-16)23-22-24(29)20-14-18(27)10-13-21(20)31-25(22)26(30)28(23)19-11-4-15(2)5-12-19/h4-14,23H,3H2,1-2H3. The Balaban J connectivity index is 1.79. The third-order valence-corrected chi connectivity index (χ3v) is 5.85. The van der Waals surface area contributed by atoms with E-state index >= 15 is 0 Å². The highest BCUT2D eigenvalue weighted by atomic mass is 19.1. The van der Waals surface area contributed by atoms with E-state index in [1.54, 1.807) is 4.90 Å². The van der Waals surface area contributed by atoms with E-state index in [0.29, 0.717) is 5.69 Å². The van der Waals surface area contributed by atoms with E-state index in [9.17, 15) is 14.0 Å². The highest BCUT2D eigenvalue weighted by Gasteiger charge is 2.43. The Morgan fingerprint density at radius 3 is 2.35 bits per heavy atom. The molecular formula is C26H20FNO3. The highest BCUT2D eigenvalue weighted by molar-refractivity contribution is 6.10. The van der Waals surface area contributed by atoms with Crippen molar-refractivity contribution < 1.29 is 13.6 Å². The van der Waals surface area contributed by atoms with Crippen LogP contribution in [0.15, 0.2) is 75.9 Å². The van der Waals surface area contributed by atoms with Gasteiger partial charge in [0.05, 0.1) is 17.0 Å². The molecule has 0 fully saturated rings. The summed E-state index contributed by atoms with van der Waals surface area (Å²) in [5.41, 5.74) is 3.74. The van der Waals surface area contributed by atoms with Gasteiger partial charge in [0, 0.05) is 5.69 Å². The fraction of sp³-hybridized carbons (Fsp3) is 0.154. The fourth-order valence-corrected chi connectivity index (χ4v) is 4.17. The molecule has 0 aliphatic carbocycles. The normalized spacial score (nSPS) is 15.5. The molecule has 154 valence electrons. The molecule has 31 heavy (non-hydrogen) atoms. The summed E-state index contributed by atoms with van der Waals surface area (Å²) in [6.45, 7) is 4.04. The lowest BCUT2D eigenvalue weighted by Gasteiger charge is -2.25. The smallest absolute Gasteiger partial charge is 0.295 e. The first-order valence-corrected chi connectivity index (χ1v) is 10.2. The SMILES string of the molecule is CCc1ccc(C2c3c(oc4ccc(F)cc4c3=O)C(=O)N2c2ccc(C)cc2)cc1. The number of halogens is 1. The van der Waals surface area contributed by atoms with E-state index < -0.39 is 11.9 Å². The Morgan fingerprint density at radius 2 is 1.68 bits per heavy atom. The number of amides is 1. The Bertz CT molecular complexity index is 1370. The topological polar surface area (TPSA) is 50.5 Å². The quantitative estimate of drug-likeness (QED) is 0.442. The van der Waals surface area contributed by atoms with Crippen molar-refractivity contribution in [1.29, 1.82) is 0 Å². The summed E-state index contributed by atoms with van der Waals surface area (Å²) < 4.78 is 19.7. The molecule has 1 aromatic heterocycles. The average Bonchev–Trinajstić information content (AvgIpc) is 3.07. The molecule has 1 aliphatic rings. The Kier molecular flexibility index (Phi) is 4.47. The van der Waals surface area contributed by atoms with Crippen LogP contribution in [-0.2, 0) is 6.42 Å². The number of rotatable bonds is 3. The minimum atomic E-state index is -0.653. The van der Waals surface area contributed by atoms with Crippen LogP contribution in [0.3, 0.4) is 0 Å². The van der Waals surface area contributed by atoms with Gasteiger partial charge in [0.1, 0.15) is 11.4 Å². The van der Waals surface area contributed by atoms with Gasteiger partial charge in [-0.15, -0.1) is 0 Å². The first-order valence-electron chi connectivity index (χ1n) is 10.2. The van der Waals surface area contributed by atoms with Crippen molar-refractivity contribution in [2.75, 3.05) is 4.90 Å². The summed E-state index contributed by atoms with van der Waals surface area (Å²) in [7, 11) is 0. The van der Waals surface area contributed by atoms with Crippen LogP contribution in [0, 0.1) is 12.7 Å². The molecule has 5 rings (SSSR count). The molecule has 5 heteroatoms. The number of carbonyl (C=O) groups is 1. The van der Waals surface area contributed by atoms with E-state index in [4.69, 9.17) is 4.42 Å². The lowest BCUT2D eigenvalue weighted by atomic mass is 9.97. The van der Waals surface area contributed by atoms with Gasteiger partial charge in [-0.25, -0.2) is 4.39 Å². The second-order valence-corrected chi connectivity index (χ2v) is 7.82. The third-order valence-electron chi connectivity index (χ3n) is 5.85. The van der Waals surface area contributed by atoms with Crippen LogP contribution in [0.25, 0.3) is 11.0 Å². The highest BCUT2D eigenvalue weighted by Crippen LogP contribution is 2.41. The van der Waals surface area contributed by atoms with Crippen molar-refractivity contribution in [2.45, 2.75) is 26.3 Å². The van der Waals surface area contributed by atoms with Gasteiger partial charge in [-0.3, -0.25) is 14.5 Å². The number of aryl methyl sites for hydroxylation is 2. The van der Waals surface area contributed by atoms with Gasteiger partial charge in [0.2, 0.25) is 5.76 Å². The summed E-state index contributed by atoms with van der Waals surface area (Å²) in [5, 5.41) is 0.132. The van der Waals surface area contributed by atoms with Crippen molar-refractivity contribution in [2.24, 2.45) is 0 Å². The summed E-state index contributed by atoms with van der Waals surface area (Å²) >= 11 is 0. The number of anilines is 1. The zero-order valence-corrected chi connectivity index (χ0v) is 17.2. The Hall–Kier alpha value is -3.73. The fourth-order valence-electron chi connectivity index (χ4n) is 4.17. The molecular weight excluding hydrogens is 393 g/mol. The van der Waals surface area contributed by atoms with E-state index in [1.165, 1.54) is 12.1 Å². The van der Waals surface area contributed by atoms with E-state index in [0.717, 1.165) is 29.2 Å². The maximum Gasteiger partial charge on any atom is 0.295 e. The number of nitrogens with zero attached hydrogens (tertiary/aromatic N) is 1. The number of carbonyl (C=O) groups excluding carboxylic acids is 1. The van der Waals surface area contributed by atoms with Crippen molar-refractivity contribution in [3.05, 3.63) is 111 Å². The van der Waals surface area contributed by atoms with Crippen LogP contribution >= 0.6 is 0 Å². The first-order chi connectivity index (χ1) is 15.0. The molecule has 4 nitrogen and oxygen atoms in total. The number of benzene rings is 3. The van der Waals surface area contributed by atoms with Crippen LogP contribution in [-0.4, -0.2) is 5.91 Å². The van der Waals surface area contributed by atoms with E-state index in [-0.39, 0.29) is 33.6 Å². The number of fused-ring (bicyclic) bond motifs is 2. The summed E-state index contributed by atoms with van der Waals surface area (Å²) in [6.07, 6.45) is 0.883. The minimum Gasteiger partial charge on any atom is -0.450 e. The van der Waals surface area contributed by atoms with Crippen molar-refractivity contribution in [1.82, 2.24) is 0 Å². The van der Waals surface area contributed by atoms with Gasteiger partial charge in [0.25, 0.3) is 5.91 Å². The molecule has 0 bridgehead atoms. The maximum atomic E-state index is 13.9. The molecule has 2 heterocycles. The molecule has 1 atom stereocenters. The van der Waals surface area contributed by atoms with Gasteiger partial charge in [-0.2, -0.15) is 0 Å². The second kappa shape index (κ2) is 7.20. The van der Waals surface area contributed by atoms with Crippen LogP contribution in [0.2, 0.25) is 0 Å². The lowest BCUT2D eigenvalue weighted by molar-refractivity contribution is 0.0971. The summed E-state index contributed by atoms with van der Waals surface area (Å²) in [5.74, 6) is -0.899. The Labute approximate surface area is 178 Å². The number of hydrogen-bond donors (Lipinski definition) is 0. The van der Waals surface area contributed by atoms with Crippen LogP contribution < -0.4 is 10.3 Å². The molecule has 0 saturated heterocycles. The monoisotopic (exact) mass is 413 g/mol. The van der Waals surface area contributed by atoms with Crippen LogP contribution in [0.1, 0.15) is 45.8 Å². The lowest BCUT2D eigenvalue weighted by Crippen LogP contribution is -2.29. The van der Waals surface area contributed by atoms with Crippen LogP contribution in [0.5, 0.6) is 0 Å². The Morgan fingerprint density at radius 1 is 0.968 bits per heavy atom. The predicted octanol–water partition coefficient (Wildman–Crippen LogP) is 5.55. The zero-order valence-electron chi connectivity index (χ0n) is 17.2. The van der Waals surface area contributed by atoms with E-state index in [1.807, 2.05) is 55.5 Å². The molecule has 1 amide bonds. The van der Waals surface area contributed by atoms with Gasteiger partial charge >= 0.3 is 0 Å². The number of hydrogen-bond acceptors (Lipinski definition) is 3. The molecule has 0 N–H and O–H groups in total.